The molecule has 0 radical (unpaired) electrons. The fraction of sp³-hybridized carbons (Fsp3) is 1.00. The Kier molecular flexibility index (Phi) is 13.1. The van der Waals surface area contributed by atoms with Gasteiger partial charge in [-0.1, -0.05) is 73.6 Å². The zero-order chi connectivity index (χ0) is 16.1. The number of hydrogen-bond acceptors (Lipinski definition) is 1. The van der Waals surface area contributed by atoms with Gasteiger partial charge in [-0.3, -0.25) is 0 Å². The van der Waals surface area contributed by atoms with Crippen molar-refractivity contribution in [3.05, 3.63) is 0 Å². The normalized spacial score (nSPS) is 12.6. The minimum atomic E-state index is -1.19. The predicted octanol–water partition coefficient (Wildman–Crippen LogP) is 6.42. The summed E-state index contributed by atoms with van der Waals surface area (Å²) < 4.78 is 3.25. The summed E-state index contributed by atoms with van der Waals surface area (Å²) in [7, 11) is -1.88. The summed E-state index contributed by atoms with van der Waals surface area (Å²) >= 11 is 0. The van der Waals surface area contributed by atoms with Gasteiger partial charge in [0.25, 0.3) is 0 Å². The summed E-state index contributed by atoms with van der Waals surface area (Å²) in [6.45, 7) is 15.9. The van der Waals surface area contributed by atoms with E-state index in [1.807, 2.05) is 0 Å². The maximum absolute atomic E-state index is 3.25. The SMILES string of the molecule is CCCN([SiH](CCC)CCC)[Si](CCC)(CCC)CCC. The van der Waals surface area contributed by atoms with Gasteiger partial charge in [-0.25, -0.2) is 0 Å². The molecule has 0 bridgehead atoms. The molecule has 0 saturated carbocycles. The Morgan fingerprint density at radius 3 is 1.33 bits per heavy atom. The molecule has 0 rings (SSSR count). The first-order chi connectivity index (χ1) is 10.2. The smallest absolute Gasteiger partial charge is 0.121 e. The molecule has 0 N–H and O–H groups in total. The molecule has 0 heterocycles. The van der Waals surface area contributed by atoms with Crippen molar-refractivity contribution in [1.82, 2.24) is 4.23 Å². The minimum absolute atomic E-state index is 0.691. The van der Waals surface area contributed by atoms with E-state index in [0.717, 1.165) is 0 Å². The Hall–Kier alpha value is 0.394. The zero-order valence-corrected chi connectivity index (χ0v) is 18.2. The predicted molar refractivity (Wildman–Crippen MR) is 105 cm³/mol. The maximum atomic E-state index is 3.25. The van der Waals surface area contributed by atoms with Crippen molar-refractivity contribution in [2.75, 3.05) is 6.54 Å². The first-order valence-corrected chi connectivity index (χ1v) is 14.6. The topological polar surface area (TPSA) is 3.24 Å². The molecule has 1 nitrogen and oxygen atoms in total. The van der Waals surface area contributed by atoms with Gasteiger partial charge >= 0.3 is 0 Å². The van der Waals surface area contributed by atoms with Crippen molar-refractivity contribution in [2.45, 2.75) is 110 Å². The molecule has 0 spiro atoms. The monoisotopic (exact) mass is 329 g/mol. The molecule has 3 heteroatoms. The van der Waals surface area contributed by atoms with Crippen LogP contribution in [0.1, 0.15) is 80.1 Å². The Morgan fingerprint density at radius 2 is 1.05 bits per heavy atom. The third kappa shape index (κ3) is 7.00. The van der Waals surface area contributed by atoms with Gasteiger partial charge < -0.3 is 4.23 Å². The Balaban J connectivity index is 5.40. The van der Waals surface area contributed by atoms with E-state index in [-0.39, 0.29) is 0 Å². The van der Waals surface area contributed by atoms with Gasteiger partial charge in [-0.2, -0.15) is 0 Å². The average molecular weight is 330 g/mol. The lowest BCUT2D eigenvalue weighted by Crippen LogP contribution is -2.59. The average Bonchev–Trinajstić information content (AvgIpc) is 2.45. The van der Waals surface area contributed by atoms with Crippen molar-refractivity contribution >= 4 is 17.2 Å². The van der Waals surface area contributed by atoms with Crippen LogP contribution in [-0.4, -0.2) is 28.0 Å². The van der Waals surface area contributed by atoms with Gasteiger partial charge in [-0.05, 0) is 43.2 Å². The van der Waals surface area contributed by atoms with Crippen LogP contribution in [0.2, 0.25) is 30.2 Å². The van der Waals surface area contributed by atoms with Crippen molar-refractivity contribution in [1.29, 1.82) is 0 Å². The van der Waals surface area contributed by atoms with Crippen LogP contribution in [0, 0.1) is 0 Å². The quantitative estimate of drug-likeness (QED) is 0.332. The van der Waals surface area contributed by atoms with E-state index in [9.17, 15) is 0 Å². The molecule has 0 aromatic heterocycles. The first-order valence-electron chi connectivity index (χ1n) is 9.92. The van der Waals surface area contributed by atoms with Gasteiger partial charge in [0.1, 0.15) is 17.2 Å². The van der Waals surface area contributed by atoms with Crippen LogP contribution in [-0.2, 0) is 0 Å². The molecule has 0 aromatic rings. The second-order valence-corrected chi connectivity index (χ2v) is 15.0. The first kappa shape index (κ1) is 21.4. The van der Waals surface area contributed by atoms with Gasteiger partial charge in [0, 0.05) is 0 Å². The third-order valence-electron chi connectivity index (χ3n) is 4.90. The highest BCUT2D eigenvalue weighted by molar-refractivity contribution is 6.85. The molecule has 0 amide bonds. The number of hydrogen-bond donors (Lipinski definition) is 0. The van der Waals surface area contributed by atoms with Crippen LogP contribution in [0.5, 0.6) is 0 Å². The van der Waals surface area contributed by atoms with Crippen molar-refractivity contribution in [3.63, 3.8) is 0 Å². The van der Waals surface area contributed by atoms with Crippen molar-refractivity contribution in [3.8, 4) is 0 Å². The van der Waals surface area contributed by atoms with Crippen LogP contribution < -0.4 is 0 Å². The fourth-order valence-electron chi connectivity index (χ4n) is 4.37. The summed E-state index contributed by atoms with van der Waals surface area (Å²) in [5.41, 5.74) is 0. The van der Waals surface area contributed by atoms with Crippen molar-refractivity contribution in [2.24, 2.45) is 0 Å². The lowest BCUT2D eigenvalue weighted by Gasteiger charge is -2.47. The van der Waals surface area contributed by atoms with E-state index in [0.29, 0.717) is 0 Å². The van der Waals surface area contributed by atoms with Crippen LogP contribution in [0.15, 0.2) is 0 Å². The van der Waals surface area contributed by atoms with E-state index < -0.39 is 17.2 Å². The third-order valence-corrected chi connectivity index (χ3v) is 17.0. The molecule has 21 heavy (non-hydrogen) atoms. The van der Waals surface area contributed by atoms with Gasteiger partial charge in [0.05, 0.1) is 0 Å². The standard InChI is InChI=1S/C18H43NSi2/c1-7-13-19(20(14-8-2)15-9-3)21(16-10-4,17-11-5)18-12-6/h20H,7-18H2,1-6H3. The number of rotatable bonds is 14. The van der Waals surface area contributed by atoms with Gasteiger partial charge in [0.15, 0.2) is 0 Å². The summed E-state index contributed by atoms with van der Waals surface area (Å²) in [6, 6.07) is 7.79. The largest absolute Gasteiger partial charge is 0.347 e. The molecule has 0 atom stereocenters. The fourth-order valence-corrected chi connectivity index (χ4v) is 17.4. The highest BCUT2D eigenvalue weighted by Crippen LogP contribution is 2.33. The van der Waals surface area contributed by atoms with E-state index in [4.69, 9.17) is 0 Å². The van der Waals surface area contributed by atoms with Crippen LogP contribution >= 0.6 is 0 Å². The molecule has 128 valence electrons. The Labute approximate surface area is 138 Å². The summed E-state index contributed by atoms with van der Waals surface area (Å²) in [5, 5.41) is 0. The molecule has 0 aliphatic carbocycles. The Bertz CT molecular complexity index is 210. The molecular weight excluding hydrogens is 286 g/mol. The van der Waals surface area contributed by atoms with Crippen LogP contribution in [0.3, 0.4) is 0 Å². The van der Waals surface area contributed by atoms with Crippen molar-refractivity contribution < 1.29 is 0 Å². The van der Waals surface area contributed by atoms with E-state index in [2.05, 4.69) is 45.8 Å². The van der Waals surface area contributed by atoms with Crippen LogP contribution in [0.25, 0.3) is 0 Å². The summed E-state index contributed by atoms with van der Waals surface area (Å²) in [4.78, 5) is 0. The number of nitrogens with zero attached hydrogens (tertiary/aromatic N) is 1. The van der Waals surface area contributed by atoms with Gasteiger partial charge in [-0.15, -0.1) is 0 Å². The second-order valence-electron chi connectivity index (χ2n) is 6.90. The van der Waals surface area contributed by atoms with E-state index in [1.165, 1.54) is 45.1 Å². The molecular formula is C18H43NSi2. The van der Waals surface area contributed by atoms with Crippen LogP contribution in [0.4, 0.5) is 0 Å². The molecule has 0 aromatic carbocycles. The summed E-state index contributed by atoms with van der Waals surface area (Å²) in [5.74, 6) is 0. The van der Waals surface area contributed by atoms with Gasteiger partial charge in [0.2, 0.25) is 0 Å². The van der Waals surface area contributed by atoms with E-state index in [1.54, 1.807) is 30.2 Å². The highest BCUT2D eigenvalue weighted by atomic mass is 28.4. The lowest BCUT2D eigenvalue weighted by molar-refractivity contribution is 0.571. The molecule has 0 saturated heterocycles. The maximum Gasteiger partial charge on any atom is 0.121 e. The minimum Gasteiger partial charge on any atom is -0.347 e. The molecule has 0 aliphatic heterocycles. The molecule has 0 aliphatic rings. The summed E-state index contributed by atoms with van der Waals surface area (Å²) in [6.07, 6.45) is 8.41. The van der Waals surface area contributed by atoms with E-state index >= 15 is 0 Å². The second kappa shape index (κ2) is 12.9. The zero-order valence-electron chi connectivity index (χ0n) is 16.0. The lowest BCUT2D eigenvalue weighted by atomic mass is 10.5. The molecule has 0 fully saturated rings. The highest BCUT2D eigenvalue weighted by Gasteiger charge is 2.39. The molecule has 0 unspecified atom stereocenters. The Morgan fingerprint density at radius 1 is 0.619 bits per heavy atom.